The first-order valence-electron chi connectivity index (χ1n) is 9.79. The standard InChI is InChI=1S/C25H23F3N2/c1-16-9-7-8-12-29(16)23-14-21(25(26,27)28)15-24(18(23)3)30-17(2)13-20-10-5-6-11-22(20)19(30)4/h5-15H,1-4H3/q+2. The van der Waals surface area contributed by atoms with Crippen LogP contribution in [0.3, 0.4) is 0 Å². The van der Waals surface area contributed by atoms with Gasteiger partial charge in [-0.15, -0.1) is 0 Å². The molecule has 4 aromatic rings. The van der Waals surface area contributed by atoms with Crippen LogP contribution in [0, 0.1) is 27.7 Å². The molecular weight excluding hydrogens is 385 g/mol. The van der Waals surface area contributed by atoms with Gasteiger partial charge in [-0.25, -0.2) is 0 Å². The van der Waals surface area contributed by atoms with Gasteiger partial charge in [-0.1, -0.05) is 24.3 Å². The Morgan fingerprint density at radius 1 is 0.733 bits per heavy atom. The second-order valence-electron chi connectivity index (χ2n) is 7.64. The van der Waals surface area contributed by atoms with Gasteiger partial charge in [0.2, 0.25) is 11.4 Å². The largest absolute Gasteiger partial charge is 0.416 e. The summed E-state index contributed by atoms with van der Waals surface area (Å²) in [5.41, 5.74) is 3.85. The van der Waals surface area contributed by atoms with E-state index in [1.54, 1.807) is 10.8 Å². The van der Waals surface area contributed by atoms with Gasteiger partial charge >= 0.3 is 6.18 Å². The van der Waals surface area contributed by atoms with E-state index in [0.717, 1.165) is 33.4 Å². The third-order valence-corrected chi connectivity index (χ3v) is 5.65. The highest BCUT2D eigenvalue weighted by Gasteiger charge is 2.36. The second kappa shape index (κ2) is 7.24. The number of benzene rings is 2. The Hall–Kier alpha value is -3.21. The zero-order chi connectivity index (χ0) is 21.6. The lowest BCUT2D eigenvalue weighted by Crippen LogP contribution is -2.41. The van der Waals surface area contributed by atoms with Crippen molar-refractivity contribution in [3.63, 3.8) is 0 Å². The Labute approximate surface area is 173 Å². The number of fused-ring (bicyclic) bond motifs is 1. The molecular formula is C25H23F3N2+2. The molecule has 0 aliphatic heterocycles. The molecule has 4 rings (SSSR count). The van der Waals surface area contributed by atoms with E-state index < -0.39 is 11.7 Å². The highest BCUT2D eigenvalue weighted by molar-refractivity contribution is 5.83. The maximum atomic E-state index is 13.8. The summed E-state index contributed by atoms with van der Waals surface area (Å²) in [5.74, 6) is 0. The molecule has 2 nitrogen and oxygen atoms in total. The predicted molar refractivity (Wildman–Crippen MR) is 111 cm³/mol. The minimum absolute atomic E-state index is 0.525. The zero-order valence-corrected chi connectivity index (χ0v) is 17.4. The Bertz CT molecular complexity index is 1270. The van der Waals surface area contributed by atoms with Gasteiger partial charge < -0.3 is 0 Å². The van der Waals surface area contributed by atoms with Gasteiger partial charge in [-0.05, 0) is 18.4 Å². The van der Waals surface area contributed by atoms with Crippen molar-refractivity contribution in [2.75, 3.05) is 0 Å². The monoisotopic (exact) mass is 408 g/mol. The first-order chi connectivity index (χ1) is 14.2. The van der Waals surface area contributed by atoms with Gasteiger partial charge in [0.25, 0.3) is 0 Å². The van der Waals surface area contributed by atoms with Gasteiger partial charge in [-0.3, -0.25) is 0 Å². The molecule has 0 fully saturated rings. The van der Waals surface area contributed by atoms with E-state index in [-0.39, 0.29) is 0 Å². The average Bonchev–Trinajstić information content (AvgIpc) is 2.69. The smallest absolute Gasteiger partial charge is 0.166 e. The van der Waals surface area contributed by atoms with Gasteiger partial charge in [0.15, 0.2) is 23.3 Å². The molecule has 0 radical (unpaired) electrons. The summed E-state index contributed by atoms with van der Waals surface area (Å²) in [6.45, 7) is 7.65. The van der Waals surface area contributed by atoms with Crippen LogP contribution < -0.4 is 9.13 Å². The summed E-state index contributed by atoms with van der Waals surface area (Å²) in [7, 11) is 0. The maximum Gasteiger partial charge on any atom is 0.416 e. The second-order valence-corrected chi connectivity index (χ2v) is 7.64. The van der Waals surface area contributed by atoms with E-state index in [9.17, 15) is 13.2 Å². The van der Waals surface area contributed by atoms with E-state index in [4.69, 9.17) is 0 Å². The van der Waals surface area contributed by atoms with E-state index in [1.807, 2.05) is 80.8 Å². The molecule has 0 saturated carbocycles. The number of rotatable bonds is 2. The minimum atomic E-state index is -4.44. The normalized spacial score (nSPS) is 11.8. The first-order valence-corrected chi connectivity index (χ1v) is 9.79. The van der Waals surface area contributed by atoms with Crippen LogP contribution in [0.25, 0.3) is 22.1 Å². The molecule has 0 aliphatic carbocycles. The van der Waals surface area contributed by atoms with Crippen LogP contribution in [-0.4, -0.2) is 0 Å². The van der Waals surface area contributed by atoms with Crippen LogP contribution in [0.4, 0.5) is 13.2 Å². The van der Waals surface area contributed by atoms with Crippen molar-refractivity contribution in [2.45, 2.75) is 33.9 Å². The Kier molecular flexibility index (Phi) is 4.85. The predicted octanol–water partition coefficient (Wildman–Crippen LogP) is 5.65. The summed E-state index contributed by atoms with van der Waals surface area (Å²) in [5, 5.41) is 2.09. The highest BCUT2D eigenvalue weighted by atomic mass is 19.4. The van der Waals surface area contributed by atoms with Crippen molar-refractivity contribution >= 4 is 10.8 Å². The van der Waals surface area contributed by atoms with Crippen molar-refractivity contribution in [2.24, 2.45) is 0 Å². The van der Waals surface area contributed by atoms with Crippen LogP contribution in [0.2, 0.25) is 0 Å². The lowest BCUT2D eigenvalue weighted by molar-refractivity contribution is -0.614. The quantitative estimate of drug-likeness (QED) is 0.379. The van der Waals surface area contributed by atoms with Gasteiger partial charge in [0.05, 0.1) is 11.1 Å². The van der Waals surface area contributed by atoms with Crippen molar-refractivity contribution in [3.05, 3.63) is 95.1 Å². The fourth-order valence-corrected chi connectivity index (χ4v) is 4.13. The molecule has 0 aliphatic rings. The van der Waals surface area contributed by atoms with Crippen molar-refractivity contribution < 1.29 is 22.3 Å². The number of hydrogen-bond donors (Lipinski definition) is 0. The van der Waals surface area contributed by atoms with Crippen LogP contribution >= 0.6 is 0 Å². The molecule has 0 saturated heterocycles. The number of halogens is 3. The van der Waals surface area contributed by atoms with E-state index in [0.29, 0.717) is 11.4 Å². The fraction of sp³-hybridized carbons (Fsp3) is 0.200. The van der Waals surface area contributed by atoms with Crippen molar-refractivity contribution in [3.8, 4) is 11.4 Å². The third kappa shape index (κ3) is 3.34. The van der Waals surface area contributed by atoms with Crippen LogP contribution in [0.15, 0.2) is 66.9 Å². The zero-order valence-electron chi connectivity index (χ0n) is 17.4. The summed E-state index contributed by atoms with van der Waals surface area (Å²) in [4.78, 5) is 0. The molecule has 5 heteroatoms. The Morgan fingerprint density at radius 3 is 2.10 bits per heavy atom. The van der Waals surface area contributed by atoms with E-state index in [1.165, 1.54) is 12.1 Å². The van der Waals surface area contributed by atoms with Crippen LogP contribution in [-0.2, 0) is 6.18 Å². The molecule has 0 bridgehead atoms. The Morgan fingerprint density at radius 2 is 1.40 bits per heavy atom. The highest BCUT2D eigenvalue weighted by Crippen LogP contribution is 2.33. The molecule has 0 unspecified atom stereocenters. The Balaban J connectivity index is 2.10. The first kappa shape index (κ1) is 20.1. The molecule has 2 aromatic heterocycles. The van der Waals surface area contributed by atoms with Gasteiger partial charge in [-0.2, -0.15) is 22.3 Å². The molecule has 0 N–H and O–H groups in total. The van der Waals surface area contributed by atoms with E-state index >= 15 is 0 Å². The fourth-order valence-electron chi connectivity index (χ4n) is 4.13. The van der Waals surface area contributed by atoms with Gasteiger partial charge in [0.1, 0.15) is 0 Å². The summed E-state index contributed by atoms with van der Waals surface area (Å²) in [6.07, 6.45) is -2.65. The number of pyridine rings is 2. The van der Waals surface area contributed by atoms with E-state index in [2.05, 4.69) is 0 Å². The number of nitrogens with zero attached hydrogens (tertiary/aromatic N) is 2. The molecule has 30 heavy (non-hydrogen) atoms. The molecule has 0 amide bonds. The summed E-state index contributed by atoms with van der Waals surface area (Å²) < 4.78 is 45.3. The number of hydrogen-bond acceptors (Lipinski definition) is 0. The molecule has 0 atom stereocenters. The lowest BCUT2D eigenvalue weighted by Gasteiger charge is -2.14. The third-order valence-electron chi connectivity index (χ3n) is 5.65. The average molecular weight is 408 g/mol. The maximum absolute atomic E-state index is 13.8. The number of alkyl halides is 3. The minimum Gasteiger partial charge on any atom is -0.166 e. The molecule has 2 aromatic carbocycles. The SMILES string of the molecule is Cc1c(-[n+]2ccccc2C)cc(C(F)(F)F)cc1-[n+]1c(C)cc2ccccc2c1C. The number of aromatic nitrogens is 2. The molecule has 0 spiro atoms. The summed E-state index contributed by atoms with van der Waals surface area (Å²) in [6, 6.07) is 18.0. The number of aryl methyl sites for hydroxylation is 3. The lowest BCUT2D eigenvalue weighted by atomic mass is 10.0. The summed E-state index contributed by atoms with van der Waals surface area (Å²) >= 11 is 0. The molecule has 2 heterocycles. The van der Waals surface area contributed by atoms with Gasteiger partial charge in [0, 0.05) is 56.5 Å². The van der Waals surface area contributed by atoms with Crippen molar-refractivity contribution in [1.82, 2.24) is 0 Å². The topological polar surface area (TPSA) is 7.76 Å². The molecule has 152 valence electrons. The van der Waals surface area contributed by atoms with Crippen LogP contribution in [0.1, 0.15) is 28.2 Å². The van der Waals surface area contributed by atoms with Crippen molar-refractivity contribution in [1.29, 1.82) is 0 Å². The van der Waals surface area contributed by atoms with Crippen LogP contribution in [0.5, 0.6) is 0 Å².